The van der Waals surface area contributed by atoms with Gasteiger partial charge in [0, 0.05) is 41.7 Å². The van der Waals surface area contributed by atoms with Gasteiger partial charge in [0.05, 0.1) is 43.2 Å². The van der Waals surface area contributed by atoms with Crippen molar-refractivity contribution in [1.82, 2.24) is 19.9 Å². The van der Waals surface area contributed by atoms with Crippen molar-refractivity contribution in [2.24, 2.45) is 0 Å². The minimum atomic E-state index is -0.0260. The van der Waals surface area contributed by atoms with E-state index in [4.69, 9.17) is 14.1 Å². The van der Waals surface area contributed by atoms with Crippen LogP contribution in [-0.2, 0) is 13.0 Å². The van der Waals surface area contributed by atoms with Gasteiger partial charge in [-0.2, -0.15) is 0 Å². The Morgan fingerprint density at radius 1 is 1.30 bits per heavy atom. The van der Waals surface area contributed by atoms with E-state index in [1.165, 1.54) is 5.69 Å². The molecule has 4 heterocycles. The molecule has 0 saturated heterocycles. The number of imidazole rings is 1. The van der Waals surface area contributed by atoms with Crippen LogP contribution in [0.4, 0.5) is 0 Å². The van der Waals surface area contributed by atoms with Crippen molar-refractivity contribution in [2.45, 2.75) is 19.0 Å². The fourth-order valence-corrected chi connectivity index (χ4v) is 3.93. The number of pyridine rings is 1. The van der Waals surface area contributed by atoms with Gasteiger partial charge in [-0.1, -0.05) is 18.2 Å². The quantitative estimate of drug-likeness (QED) is 0.601. The van der Waals surface area contributed by atoms with Crippen molar-refractivity contribution < 1.29 is 9.15 Å². The second-order valence-electron chi connectivity index (χ2n) is 6.80. The largest absolute Gasteiger partial charge is 0.481 e. The second kappa shape index (κ2) is 6.55. The normalized spacial score (nSPS) is 17.1. The molecule has 0 radical (unpaired) electrons. The van der Waals surface area contributed by atoms with Crippen LogP contribution in [0.25, 0.3) is 10.9 Å². The Morgan fingerprint density at radius 3 is 3.07 bits per heavy atom. The molecular formula is C21H20N4O2. The highest BCUT2D eigenvalue weighted by Crippen LogP contribution is 2.39. The summed E-state index contributed by atoms with van der Waals surface area (Å²) >= 11 is 0. The van der Waals surface area contributed by atoms with Crippen LogP contribution in [0.3, 0.4) is 0 Å². The number of methoxy groups -OCH3 is 1. The molecule has 0 aliphatic carbocycles. The molecule has 0 fully saturated rings. The smallest absolute Gasteiger partial charge is 0.218 e. The first-order valence-electron chi connectivity index (χ1n) is 9.04. The molecule has 6 nitrogen and oxygen atoms in total. The maximum absolute atomic E-state index is 5.69. The zero-order valence-electron chi connectivity index (χ0n) is 15.1. The average Bonchev–Trinajstić information content (AvgIpc) is 3.38. The molecule has 1 atom stereocenters. The van der Waals surface area contributed by atoms with Crippen LogP contribution >= 0.6 is 0 Å². The predicted molar refractivity (Wildman–Crippen MR) is 102 cm³/mol. The number of aromatic nitrogens is 3. The summed E-state index contributed by atoms with van der Waals surface area (Å²) in [5, 5.41) is 1.10. The number of fused-ring (bicyclic) bond motifs is 2. The van der Waals surface area contributed by atoms with Crippen molar-refractivity contribution in [1.29, 1.82) is 0 Å². The van der Waals surface area contributed by atoms with E-state index < -0.39 is 0 Å². The summed E-state index contributed by atoms with van der Waals surface area (Å²) in [6, 6.07) is 12.3. The van der Waals surface area contributed by atoms with E-state index in [9.17, 15) is 0 Å². The number of para-hydroxylation sites is 1. The number of benzene rings is 1. The van der Waals surface area contributed by atoms with E-state index in [1.54, 1.807) is 26.0 Å². The summed E-state index contributed by atoms with van der Waals surface area (Å²) in [5.74, 6) is 0.645. The molecule has 136 valence electrons. The van der Waals surface area contributed by atoms with Gasteiger partial charge in [0.15, 0.2) is 0 Å². The van der Waals surface area contributed by atoms with Crippen molar-refractivity contribution in [3.63, 3.8) is 0 Å². The highest BCUT2D eigenvalue weighted by molar-refractivity contribution is 5.80. The second-order valence-corrected chi connectivity index (χ2v) is 6.80. The monoisotopic (exact) mass is 360 g/mol. The van der Waals surface area contributed by atoms with Gasteiger partial charge in [-0.3, -0.25) is 4.90 Å². The summed E-state index contributed by atoms with van der Waals surface area (Å²) in [7, 11) is 1.68. The Bertz CT molecular complexity index is 1070. The number of furan rings is 1. The molecule has 0 unspecified atom stereocenters. The summed E-state index contributed by atoms with van der Waals surface area (Å²) in [6.07, 6.45) is 6.23. The predicted octanol–water partition coefficient (Wildman–Crippen LogP) is 3.71. The molecule has 4 aromatic rings. The Balaban J connectivity index is 1.66. The van der Waals surface area contributed by atoms with Crippen LogP contribution in [-0.4, -0.2) is 33.5 Å². The Morgan fingerprint density at radius 2 is 2.22 bits per heavy atom. The van der Waals surface area contributed by atoms with E-state index in [1.807, 2.05) is 24.3 Å². The number of ether oxygens (including phenoxy) is 1. The first-order valence-corrected chi connectivity index (χ1v) is 9.04. The number of nitrogens with one attached hydrogen (secondary N) is 1. The zero-order valence-corrected chi connectivity index (χ0v) is 15.1. The topological polar surface area (TPSA) is 67.2 Å². The average molecular weight is 360 g/mol. The number of hydrogen-bond acceptors (Lipinski definition) is 5. The zero-order chi connectivity index (χ0) is 18.2. The molecule has 6 heteroatoms. The SMILES string of the molecule is COc1nc2ccccc2cc1[C@@H]1c2nc[nH]c2CCN1Cc1ccoc1. The summed E-state index contributed by atoms with van der Waals surface area (Å²) in [4.78, 5) is 15.1. The lowest BCUT2D eigenvalue weighted by Crippen LogP contribution is -2.36. The Labute approximate surface area is 156 Å². The summed E-state index contributed by atoms with van der Waals surface area (Å²) in [5.41, 5.74) is 5.33. The minimum Gasteiger partial charge on any atom is -0.481 e. The fraction of sp³-hybridized carbons (Fsp3) is 0.238. The maximum Gasteiger partial charge on any atom is 0.218 e. The Hall–Kier alpha value is -3.12. The third-order valence-electron chi connectivity index (χ3n) is 5.20. The molecule has 1 N–H and O–H groups in total. The molecule has 1 aliphatic rings. The third kappa shape index (κ3) is 2.78. The molecule has 0 amide bonds. The van der Waals surface area contributed by atoms with E-state index in [-0.39, 0.29) is 6.04 Å². The maximum atomic E-state index is 5.69. The number of hydrogen-bond donors (Lipinski definition) is 1. The molecule has 0 spiro atoms. The molecule has 3 aromatic heterocycles. The number of nitrogens with zero attached hydrogens (tertiary/aromatic N) is 3. The van der Waals surface area contributed by atoms with E-state index in [0.29, 0.717) is 5.88 Å². The first kappa shape index (κ1) is 16.1. The lowest BCUT2D eigenvalue weighted by atomic mass is 9.95. The van der Waals surface area contributed by atoms with Crippen LogP contribution in [0.2, 0.25) is 0 Å². The molecule has 1 aliphatic heterocycles. The lowest BCUT2D eigenvalue weighted by molar-refractivity contribution is 0.195. The van der Waals surface area contributed by atoms with Crippen molar-refractivity contribution in [2.75, 3.05) is 13.7 Å². The van der Waals surface area contributed by atoms with Crippen molar-refractivity contribution in [3.8, 4) is 5.88 Å². The minimum absolute atomic E-state index is 0.0260. The molecule has 5 rings (SSSR count). The van der Waals surface area contributed by atoms with Gasteiger partial charge >= 0.3 is 0 Å². The highest BCUT2D eigenvalue weighted by Gasteiger charge is 2.33. The first-order chi connectivity index (χ1) is 13.3. The van der Waals surface area contributed by atoms with E-state index >= 15 is 0 Å². The molecule has 0 saturated carbocycles. The van der Waals surface area contributed by atoms with E-state index in [2.05, 4.69) is 27.0 Å². The van der Waals surface area contributed by atoms with Crippen LogP contribution < -0.4 is 4.74 Å². The molecule has 1 aromatic carbocycles. The van der Waals surface area contributed by atoms with Crippen molar-refractivity contribution in [3.05, 3.63) is 77.8 Å². The molecule has 27 heavy (non-hydrogen) atoms. The molecular weight excluding hydrogens is 340 g/mol. The Kier molecular flexibility index (Phi) is 3.90. The lowest BCUT2D eigenvalue weighted by Gasteiger charge is -2.35. The van der Waals surface area contributed by atoms with Gasteiger partial charge in [0.25, 0.3) is 0 Å². The van der Waals surface area contributed by atoms with Gasteiger partial charge in [0.1, 0.15) is 0 Å². The third-order valence-corrected chi connectivity index (χ3v) is 5.20. The number of rotatable bonds is 4. The van der Waals surface area contributed by atoms with Crippen molar-refractivity contribution >= 4 is 10.9 Å². The highest BCUT2D eigenvalue weighted by atomic mass is 16.5. The van der Waals surface area contributed by atoms with Crippen LogP contribution in [0.1, 0.15) is 28.6 Å². The summed E-state index contributed by atoms with van der Waals surface area (Å²) in [6.45, 7) is 1.70. The number of H-pyrrole nitrogens is 1. The van der Waals surface area contributed by atoms with Gasteiger partial charge < -0.3 is 14.1 Å². The fourth-order valence-electron chi connectivity index (χ4n) is 3.93. The van der Waals surface area contributed by atoms with Crippen LogP contribution in [0.5, 0.6) is 5.88 Å². The van der Waals surface area contributed by atoms with Gasteiger partial charge in [-0.05, 0) is 18.2 Å². The van der Waals surface area contributed by atoms with Gasteiger partial charge in [-0.25, -0.2) is 9.97 Å². The number of aromatic amines is 1. The molecule has 0 bridgehead atoms. The van der Waals surface area contributed by atoms with E-state index in [0.717, 1.165) is 47.2 Å². The van der Waals surface area contributed by atoms with Gasteiger partial charge in [0.2, 0.25) is 5.88 Å². The van der Waals surface area contributed by atoms with Gasteiger partial charge in [-0.15, -0.1) is 0 Å². The van der Waals surface area contributed by atoms with Crippen LogP contribution in [0.15, 0.2) is 59.7 Å². The summed E-state index contributed by atoms with van der Waals surface area (Å²) < 4.78 is 11.0. The standard InChI is InChI=1S/C21H20N4O2/c1-26-21-16(10-15-4-2-3-5-17(15)24-21)20-19-18(22-13-23-19)6-8-25(20)11-14-7-9-27-12-14/h2-5,7,9-10,12-13,20H,6,8,11H2,1H3,(H,22,23)/t20-/m1/s1. The van der Waals surface area contributed by atoms with Crippen LogP contribution in [0, 0.1) is 0 Å².